The van der Waals surface area contributed by atoms with Crippen molar-refractivity contribution in [3.05, 3.63) is 28.8 Å². The fourth-order valence-corrected chi connectivity index (χ4v) is 2.73. The van der Waals surface area contributed by atoms with Gasteiger partial charge in [-0.15, -0.1) is 0 Å². The van der Waals surface area contributed by atoms with Gasteiger partial charge in [0.1, 0.15) is 0 Å². The predicted octanol–water partition coefficient (Wildman–Crippen LogP) is 1.44. The Morgan fingerprint density at radius 1 is 1.44 bits per heavy atom. The van der Waals surface area contributed by atoms with Gasteiger partial charge in [0.2, 0.25) is 10.0 Å². The first-order valence-electron chi connectivity index (χ1n) is 4.88. The summed E-state index contributed by atoms with van der Waals surface area (Å²) in [6.45, 7) is 2.48. The van der Waals surface area contributed by atoms with Crippen LogP contribution in [-0.2, 0) is 16.6 Å². The van der Waals surface area contributed by atoms with Gasteiger partial charge in [0, 0.05) is 25.2 Å². The monoisotopic (exact) mass is 262 g/mol. The average molecular weight is 263 g/mol. The highest BCUT2D eigenvalue weighted by Crippen LogP contribution is 2.22. The van der Waals surface area contributed by atoms with Gasteiger partial charge in [0.25, 0.3) is 0 Å². The van der Waals surface area contributed by atoms with Crippen molar-refractivity contribution >= 4 is 21.6 Å². The van der Waals surface area contributed by atoms with Crippen LogP contribution >= 0.6 is 11.6 Å². The van der Waals surface area contributed by atoms with Crippen LogP contribution in [0.5, 0.6) is 0 Å². The molecular weight excluding hydrogens is 248 g/mol. The van der Waals surface area contributed by atoms with Crippen molar-refractivity contribution in [2.75, 3.05) is 13.6 Å². The van der Waals surface area contributed by atoms with Crippen LogP contribution in [0.4, 0.5) is 0 Å². The molecule has 6 heteroatoms. The second kappa shape index (κ2) is 5.14. The summed E-state index contributed by atoms with van der Waals surface area (Å²) < 4.78 is 25.2. The van der Waals surface area contributed by atoms with E-state index in [9.17, 15) is 8.42 Å². The van der Waals surface area contributed by atoms with Crippen molar-refractivity contribution in [3.8, 4) is 0 Å². The van der Waals surface area contributed by atoms with Gasteiger partial charge in [-0.2, -0.15) is 0 Å². The molecule has 0 spiro atoms. The van der Waals surface area contributed by atoms with Crippen molar-refractivity contribution in [3.63, 3.8) is 0 Å². The molecule has 0 radical (unpaired) electrons. The van der Waals surface area contributed by atoms with Crippen molar-refractivity contribution in [1.29, 1.82) is 0 Å². The largest absolute Gasteiger partial charge is 0.326 e. The Bertz CT molecular complexity index is 474. The van der Waals surface area contributed by atoms with E-state index < -0.39 is 10.0 Å². The van der Waals surface area contributed by atoms with E-state index in [1.165, 1.54) is 23.5 Å². The molecule has 0 saturated heterocycles. The van der Waals surface area contributed by atoms with Crippen LogP contribution in [0.15, 0.2) is 23.1 Å². The molecule has 0 fully saturated rings. The molecule has 2 N–H and O–H groups in total. The molecule has 90 valence electrons. The third-order valence-corrected chi connectivity index (χ3v) is 4.68. The standard InChI is InChI=1S/C10H15ClN2O2S/c1-3-13(2)16(14,15)9-5-4-8(7-12)10(11)6-9/h4-6H,3,7,12H2,1-2H3. The predicted molar refractivity (Wildman–Crippen MR) is 64.8 cm³/mol. The summed E-state index contributed by atoms with van der Waals surface area (Å²) in [5.74, 6) is 0. The van der Waals surface area contributed by atoms with Gasteiger partial charge in [0.15, 0.2) is 0 Å². The third-order valence-electron chi connectivity index (χ3n) is 2.40. The number of hydrogen-bond donors (Lipinski definition) is 1. The van der Waals surface area contributed by atoms with Crippen LogP contribution in [0, 0.1) is 0 Å². The first kappa shape index (κ1) is 13.4. The molecule has 0 aliphatic carbocycles. The number of sulfonamides is 1. The third kappa shape index (κ3) is 2.55. The summed E-state index contributed by atoms with van der Waals surface area (Å²) in [4.78, 5) is 0.194. The molecule has 1 aromatic rings. The zero-order valence-corrected chi connectivity index (χ0v) is 10.8. The molecule has 1 rings (SSSR count). The summed E-state index contributed by atoms with van der Waals surface area (Å²) in [5, 5.41) is 0.382. The molecule has 0 aliphatic rings. The Morgan fingerprint density at radius 3 is 2.50 bits per heavy atom. The molecule has 0 atom stereocenters. The number of halogens is 1. The highest BCUT2D eigenvalue weighted by Gasteiger charge is 2.19. The van der Waals surface area contributed by atoms with Gasteiger partial charge in [-0.05, 0) is 17.7 Å². The number of hydrogen-bond acceptors (Lipinski definition) is 3. The van der Waals surface area contributed by atoms with Crippen LogP contribution in [0.1, 0.15) is 12.5 Å². The summed E-state index contributed by atoms with van der Waals surface area (Å²) in [5.41, 5.74) is 6.19. The van der Waals surface area contributed by atoms with E-state index in [1.807, 2.05) is 0 Å². The molecule has 4 nitrogen and oxygen atoms in total. The van der Waals surface area contributed by atoms with E-state index in [4.69, 9.17) is 17.3 Å². The summed E-state index contributed by atoms with van der Waals surface area (Å²) >= 11 is 5.92. The van der Waals surface area contributed by atoms with E-state index in [1.54, 1.807) is 13.0 Å². The van der Waals surface area contributed by atoms with Crippen molar-refractivity contribution in [2.45, 2.75) is 18.4 Å². The summed E-state index contributed by atoms with van der Waals surface area (Å²) in [6.07, 6.45) is 0. The lowest BCUT2D eigenvalue weighted by molar-refractivity contribution is 0.486. The highest BCUT2D eigenvalue weighted by molar-refractivity contribution is 7.89. The fourth-order valence-electron chi connectivity index (χ4n) is 1.20. The Morgan fingerprint density at radius 2 is 2.06 bits per heavy atom. The molecular formula is C10H15ClN2O2S. The lowest BCUT2D eigenvalue weighted by atomic mass is 10.2. The second-order valence-electron chi connectivity index (χ2n) is 3.38. The first-order valence-corrected chi connectivity index (χ1v) is 6.70. The van der Waals surface area contributed by atoms with Gasteiger partial charge in [-0.1, -0.05) is 24.6 Å². The van der Waals surface area contributed by atoms with Crippen LogP contribution < -0.4 is 5.73 Å². The van der Waals surface area contributed by atoms with Gasteiger partial charge in [-0.3, -0.25) is 0 Å². The van der Waals surface area contributed by atoms with Gasteiger partial charge in [0.05, 0.1) is 4.90 Å². The summed E-state index contributed by atoms with van der Waals surface area (Å²) in [7, 11) is -1.90. The normalized spacial score (nSPS) is 12.1. The maximum absolute atomic E-state index is 12.0. The maximum atomic E-state index is 12.0. The van der Waals surface area contributed by atoms with E-state index >= 15 is 0 Å². The van der Waals surface area contributed by atoms with Crippen molar-refractivity contribution in [1.82, 2.24) is 4.31 Å². The lowest BCUT2D eigenvalue weighted by Gasteiger charge is -2.15. The zero-order chi connectivity index (χ0) is 12.3. The minimum absolute atomic E-state index is 0.194. The Hall–Kier alpha value is -0.620. The minimum atomic E-state index is -3.43. The highest BCUT2D eigenvalue weighted by atomic mass is 35.5. The Kier molecular flexibility index (Phi) is 4.32. The molecule has 0 unspecified atom stereocenters. The maximum Gasteiger partial charge on any atom is 0.242 e. The lowest BCUT2D eigenvalue weighted by Crippen LogP contribution is -2.26. The summed E-state index contributed by atoms with van der Waals surface area (Å²) in [6, 6.07) is 4.60. The molecule has 0 aromatic heterocycles. The quantitative estimate of drug-likeness (QED) is 0.893. The molecule has 0 aliphatic heterocycles. The van der Waals surface area contributed by atoms with Gasteiger partial charge < -0.3 is 5.73 Å². The molecule has 0 amide bonds. The van der Waals surface area contributed by atoms with E-state index in [2.05, 4.69) is 0 Å². The van der Waals surface area contributed by atoms with Gasteiger partial charge >= 0.3 is 0 Å². The smallest absolute Gasteiger partial charge is 0.242 e. The minimum Gasteiger partial charge on any atom is -0.326 e. The van der Waals surface area contributed by atoms with Crippen LogP contribution in [0.25, 0.3) is 0 Å². The van der Waals surface area contributed by atoms with Crippen LogP contribution in [-0.4, -0.2) is 26.3 Å². The molecule has 1 aromatic carbocycles. The molecule has 0 bridgehead atoms. The average Bonchev–Trinajstić information content (AvgIpc) is 2.27. The number of nitrogens with two attached hydrogens (primary N) is 1. The fraction of sp³-hybridized carbons (Fsp3) is 0.400. The van der Waals surface area contributed by atoms with Gasteiger partial charge in [-0.25, -0.2) is 12.7 Å². The zero-order valence-electron chi connectivity index (χ0n) is 9.27. The SMILES string of the molecule is CCN(C)S(=O)(=O)c1ccc(CN)c(Cl)c1. The van der Waals surface area contributed by atoms with Crippen LogP contribution in [0.3, 0.4) is 0 Å². The molecule has 16 heavy (non-hydrogen) atoms. The topological polar surface area (TPSA) is 63.4 Å². The van der Waals surface area contributed by atoms with Crippen molar-refractivity contribution in [2.24, 2.45) is 5.73 Å². The Balaban J connectivity index is 3.21. The number of benzene rings is 1. The van der Waals surface area contributed by atoms with Crippen LogP contribution in [0.2, 0.25) is 5.02 Å². The molecule has 0 saturated carbocycles. The second-order valence-corrected chi connectivity index (χ2v) is 5.83. The molecule has 0 heterocycles. The van der Waals surface area contributed by atoms with E-state index in [0.29, 0.717) is 18.1 Å². The Labute approximate surface area is 101 Å². The first-order chi connectivity index (χ1) is 7.43. The number of nitrogens with zero attached hydrogens (tertiary/aromatic N) is 1. The van der Waals surface area contributed by atoms with Crippen molar-refractivity contribution < 1.29 is 8.42 Å². The number of rotatable bonds is 4. The van der Waals surface area contributed by atoms with E-state index in [-0.39, 0.29) is 4.90 Å². The van der Waals surface area contributed by atoms with E-state index in [0.717, 1.165) is 5.56 Å².